The van der Waals surface area contributed by atoms with Gasteiger partial charge in [-0.25, -0.2) is 0 Å². The molecule has 0 saturated carbocycles. The largest absolute Gasteiger partial charge is 0.482 e. The summed E-state index contributed by atoms with van der Waals surface area (Å²) in [7, 11) is 0. The molecule has 0 aliphatic carbocycles. The molecule has 21 heavy (non-hydrogen) atoms. The topological polar surface area (TPSA) is 50.4 Å². The summed E-state index contributed by atoms with van der Waals surface area (Å²) in [5, 5.41) is 6.68. The van der Waals surface area contributed by atoms with Crippen LogP contribution in [-0.2, 0) is 11.3 Å². The predicted molar refractivity (Wildman–Crippen MR) is 86.8 cm³/mol. The van der Waals surface area contributed by atoms with Gasteiger partial charge < -0.3 is 15.4 Å². The number of benzene rings is 1. The predicted octanol–water partition coefficient (Wildman–Crippen LogP) is 3.13. The van der Waals surface area contributed by atoms with Gasteiger partial charge in [0.2, 0.25) is 0 Å². The van der Waals surface area contributed by atoms with Crippen LogP contribution in [0.1, 0.15) is 39.7 Å². The van der Waals surface area contributed by atoms with Crippen LogP contribution in [0.4, 0.5) is 0 Å². The van der Waals surface area contributed by atoms with Gasteiger partial charge in [0.15, 0.2) is 6.61 Å². The maximum absolute atomic E-state index is 11.6. The fourth-order valence-corrected chi connectivity index (χ4v) is 1.92. The standard InChI is InChI=1S/C16H25ClN2O2/c1-5-9-18-14(20)11-21-15-12(7-6-8-13(15)17)10-19-16(2,3)4/h6-8,19H,5,9-11H2,1-4H3,(H,18,20). The Balaban J connectivity index is 2.69. The lowest BCUT2D eigenvalue weighted by molar-refractivity contribution is -0.123. The smallest absolute Gasteiger partial charge is 0.257 e. The minimum atomic E-state index is -0.133. The minimum Gasteiger partial charge on any atom is -0.482 e. The average Bonchev–Trinajstić information content (AvgIpc) is 2.41. The molecule has 0 atom stereocenters. The molecule has 0 heterocycles. The van der Waals surface area contributed by atoms with Crippen molar-refractivity contribution in [2.75, 3.05) is 13.2 Å². The van der Waals surface area contributed by atoms with Gasteiger partial charge in [0.05, 0.1) is 5.02 Å². The monoisotopic (exact) mass is 312 g/mol. The van der Waals surface area contributed by atoms with E-state index in [1.807, 2.05) is 19.1 Å². The first kappa shape index (κ1) is 17.8. The van der Waals surface area contributed by atoms with Crippen LogP contribution in [0.15, 0.2) is 18.2 Å². The molecule has 118 valence electrons. The van der Waals surface area contributed by atoms with Crippen molar-refractivity contribution >= 4 is 17.5 Å². The summed E-state index contributed by atoms with van der Waals surface area (Å²) >= 11 is 6.18. The summed E-state index contributed by atoms with van der Waals surface area (Å²) in [6.07, 6.45) is 0.901. The number of carbonyl (C=O) groups excluding carboxylic acids is 1. The minimum absolute atomic E-state index is 0.00190. The second kappa shape index (κ2) is 8.25. The molecule has 2 N–H and O–H groups in total. The van der Waals surface area contributed by atoms with E-state index in [0.717, 1.165) is 12.0 Å². The Labute approximate surface area is 132 Å². The number of hydrogen-bond donors (Lipinski definition) is 2. The summed E-state index contributed by atoms with van der Waals surface area (Å²) < 4.78 is 5.61. The highest BCUT2D eigenvalue weighted by Gasteiger charge is 2.14. The molecule has 1 rings (SSSR count). The Hall–Kier alpha value is -1.26. The Bertz CT molecular complexity index is 470. The zero-order chi connectivity index (χ0) is 15.9. The van der Waals surface area contributed by atoms with Gasteiger partial charge in [-0.05, 0) is 33.3 Å². The van der Waals surface area contributed by atoms with Crippen LogP contribution >= 0.6 is 11.6 Å². The van der Waals surface area contributed by atoms with E-state index in [1.165, 1.54) is 0 Å². The number of halogens is 1. The van der Waals surface area contributed by atoms with E-state index in [4.69, 9.17) is 16.3 Å². The zero-order valence-electron chi connectivity index (χ0n) is 13.3. The van der Waals surface area contributed by atoms with Crippen LogP contribution < -0.4 is 15.4 Å². The Morgan fingerprint density at radius 2 is 2.05 bits per heavy atom. The van der Waals surface area contributed by atoms with Gasteiger partial charge in [0.1, 0.15) is 5.75 Å². The van der Waals surface area contributed by atoms with Crippen molar-refractivity contribution in [3.05, 3.63) is 28.8 Å². The van der Waals surface area contributed by atoms with Gasteiger partial charge in [-0.2, -0.15) is 0 Å². The van der Waals surface area contributed by atoms with Gasteiger partial charge >= 0.3 is 0 Å². The molecule has 0 saturated heterocycles. The molecule has 0 aromatic heterocycles. The maximum atomic E-state index is 11.6. The summed E-state index contributed by atoms with van der Waals surface area (Å²) in [6, 6.07) is 5.59. The van der Waals surface area contributed by atoms with Crippen molar-refractivity contribution in [3.8, 4) is 5.75 Å². The molecule has 1 aromatic rings. The SMILES string of the molecule is CCCNC(=O)COc1c(Cl)cccc1CNC(C)(C)C. The number of ether oxygens (including phenoxy) is 1. The van der Waals surface area contributed by atoms with Crippen molar-refractivity contribution in [2.24, 2.45) is 0 Å². The highest BCUT2D eigenvalue weighted by molar-refractivity contribution is 6.32. The van der Waals surface area contributed by atoms with Crippen LogP contribution in [0.2, 0.25) is 5.02 Å². The van der Waals surface area contributed by atoms with Gasteiger partial charge in [0, 0.05) is 24.2 Å². The average molecular weight is 313 g/mol. The van der Waals surface area contributed by atoms with Crippen LogP contribution in [0.3, 0.4) is 0 Å². The first-order valence-electron chi connectivity index (χ1n) is 7.25. The molecule has 0 radical (unpaired) electrons. The number of para-hydroxylation sites is 1. The summed E-state index contributed by atoms with van der Waals surface area (Å²) in [4.78, 5) is 11.6. The van der Waals surface area contributed by atoms with Crippen molar-refractivity contribution in [3.63, 3.8) is 0 Å². The first-order chi connectivity index (χ1) is 9.83. The quantitative estimate of drug-likeness (QED) is 0.813. The first-order valence-corrected chi connectivity index (χ1v) is 7.63. The number of nitrogens with one attached hydrogen (secondary N) is 2. The van der Waals surface area contributed by atoms with Crippen molar-refractivity contribution in [1.29, 1.82) is 0 Å². The maximum Gasteiger partial charge on any atom is 0.257 e. The molecular formula is C16H25ClN2O2. The van der Waals surface area contributed by atoms with E-state index < -0.39 is 0 Å². The van der Waals surface area contributed by atoms with Gasteiger partial charge in [-0.1, -0.05) is 30.7 Å². The third-order valence-corrected chi connectivity index (χ3v) is 3.08. The molecule has 4 nitrogen and oxygen atoms in total. The molecule has 5 heteroatoms. The second-order valence-corrected chi connectivity index (χ2v) is 6.38. The number of rotatable bonds is 7. The Morgan fingerprint density at radius 3 is 2.67 bits per heavy atom. The van der Waals surface area contributed by atoms with Gasteiger partial charge in [-0.3, -0.25) is 4.79 Å². The molecule has 0 aliphatic heterocycles. The lowest BCUT2D eigenvalue weighted by atomic mass is 10.1. The zero-order valence-corrected chi connectivity index (χ0v) is 14.0. The molecule has 0 fully saturated rings. The molecular weight excluding hydrogens is 288 g/mol. The molecule has 0 bridgehead atoms. The number of hydrogen-bond acceptors (Lipinski definition) is 3. The third kappa shape index (κ3) is 6.82. The number of amides is 1. The van der Waals surface area contributed by atoms with E-state index in [1.54, 1.807) is 6.07 Å². The van der Waals surface area contributed by atoms with Crippen molar-refractivity contribution < 1.29 is 9.53 Å². The normalized spacial score (nSPS) is 11.3. The van der Waals surface area contributed by atoms with E-state index in [-0.39, 0.29) is 18.1 Å². The van der Waals surface area contributed by atoms with E-state index in [2.05, 4.69) is 31.4 Å². The highest BCUT2D eigenvalue weighted by atomic mass is 35.5. The van der Waals surface area contributed by atoms with Gasteiger partial charge in [-0.15, -0.1) is 0 Å². The fraction of sp³-hybridized carbons (Fsp3) is 0.562. The molecule has 1 aromatic carbocycles. The van der Waals surface area contributed by atoms with Crippen molar-refractivity contribution in [2.45, 2.75) is 46.2 Å². The van der Waals surface area contributed by atoms with E-state index >= 15 is 0 Å². The highest BCUT2D eigenvalue weighted by Crippen LogP contribution is 2.29. The Kier molecular flexibility index (Phi) is 6.99. The molecule has 0 unspecified atom stereocenters. The van der Waals surface area contributed by atoms with E-state index in [9.17, 15) is 4.79 Å². The molecule has 0 spiro atoms. The van der Waals surface area contributed by atoms with Crippen LogP contribution in [0.5, 0.6) is 5.75 Å². The Morgan fingerprint density at radius 1 is 1.33 bits per heavy atom. The second-order valence-electron chi connectivity index (χ2n) is 5.97. The molecule has 0 aliphatic rings. The number of carbonyl (C=O) groups is 1. The van der Waals surface area contributed by atoms with Crippen LogP contribution in [0.25, 0.3) is 0 Å². The lowest BCUT2D eigenvalue weighted by Crippen LogP contribution is -2.35. The lowest BCUT2D eigenvalue weighted by Gasteiger charge is -2.22. The van der Waals surface area contributed by atoms with E-state index in [0.29, 0.717) is 23.9 Å². The van der Waals surface area contributed by atoms with Gasteiger partial charge in [0.25, 0.3) is 5.91 Å². The summed E-state index contributed by atoms with van der Waals surface area (Å²) in [6.45, 7) is 9.56. The molecule has 1 amide bonds. The fourth-order valence-electron chi connectivity index (χ4n) is 1.67. The van der Waals surface area contributed by atoms with Crippen molar-refractivity contribution in [1.82, 2.24) is 10.6 Å². The summed E-state index contributed by atoms with van der Waals surface area (Å²) in [5.41, 5.74) is 0.943. The summed E-state index contributed by atoms with van der Waals surface area (Å²) in [5.74, 6) is 0.439. The van der Waals surface area contributed by atoms with Crippen LogP contribution in [0, 0.1) is 0 Å². The van der Waals surface area contributed by atoms with Crippen LogP contribution in [-0.4, -0.2) is 24.6 Å². The third-order valence-electron chi connectivity index (χ3n) is 2.78.